The van der Waals surface area contributed by atoms with Crippen LogP contribution in [0.5, 0.6) is 0 Å². The predicted octanol–water partition coefficient (Wildman–Crippen LogP) is 3.92. The van der Waals surface area contributed by atoms with Crippen LogP contribution in [0.4, 0.5) is 5.69 Å². The van der Waals surface area contributed by atoms with Crippen molar-refractivity contribution in [2.24, 2.45) is 5.92 Å². The predicted molar refractivity (Wildman–Crippen MR) is 81.8 cm³/mol. The number of ether oxygens (including phenoxy) is 1. The van der Waals surface area contributed by atoms with Crippen LogP contribution in [-0.4, -0.2) is 18.6 Å². The first-order valence-electron chi connectivity index (χ1n) is 7.66. The van der Waals surface area contributed by atoms with Gasteiger partial charge in [0, 0.05) is 12.2 Å². The summed E-state index contributed by atoms with van der Waals surface area (Å²) in [4.78, 5) is 11.9. The van der Waals surface area contributed by atoms with Crippen LogP contribution in [0.3, 0.4) is 0 Å². The number of carbonyl (C=O) groups excluding carboxylic acids is 1. The van der Waals surface area contributed by atoms with E-state index in [1.54, 1.807) is 0 Å². The van der Waals surface area contributed by atoms with E-state index in [1.807, 2.05) is 18.2 Å². The van der Waals surface area contributed by atoms with Crippen molar-refractivity contribution < 1.29 is 9.53 Å². The summed E-state index contributed by atoms with van der Waals surface area (Å²) in [5, 5.41) is 3.29. The minimum Gasteiger partial charge on any atom is -0.462 e. The normalized spacial score (nSPS) is 22.3. The average molecular weight is 275 g/mol. The lowest BCUT2D eigenvalue weighted by molar-refractivity contribution is -0.152. The molecule has 0 radical (unpaired) electrons. The molecule has 1 fully saturated rings. The highest BCUT2D eigenvalue weighted by atomic mass is 16.5. The second-order valence-electron chi connectivity index (χ2n) is 5.78. The van der Waals surface area contributed by atoms with Crippen molar-refractivity contribution in [3.8, 4) is 0 Å². The van der Waals surface area contributed by atoms with E-state index in [0.29, 0.717) is 18.9 Å². The Morgan fingerprint density at radius 3 is 2.80 bits per heavy atom. The van der Waals surface area contributed by atoms with E-state index in [-0.39, 0.29) is 12.1 Å². The number of para-hydroxylation sites is 1. The molecule has 0 spiro atoms. The molecule has 1 N–H and O–H groups in total. The van der Waals surface area contributed by atoms with Gasteiger partial charge in [0.05, 0.1) is 6.42 Å². The fraction of sp³-hybridized carbons (Fsp3) is 0.588. The molecule has 0 aromatic heterocycles. The van der Waals surface area contributed by atoms with Crippen molar-refractivity contribution in [2.45, 2.75) is 52.1 Å². The Bertz CT molecular complexity index is 444. The second-order valence-corrected chi connectivity index (χ2v) is 5.78. The van der Waals surface area contributed by atoms with E-state index in [4.69, 9.17) is 4.74 Å². The zero-order valence-electron chi connectivity index (χ0n) is 12.5. The maximum absolute atomic E-state index is 11.9. The third-order valence-electron chi connectivity index (χ3n) is 4.11. The van der Waals surface area contributed by atoms with Gasteiger partial charge in [-0.05, 0) is 43.7 Å². The second kappa shape index (κ2) is 7.32. The number of esters is 1. The quantitative estimate of drug-likeness (QED) is 0.828. The summed E-state index contributed by atoms with van der Waals surface area (Å²) in [6.45, 7) is 4.87. The molecule has 0 heterocycles. The third-order valence-corrected chi connectivity index (χ3v) is 4.11. The molecule has 3 heteroatoms. The van der Waals surface area contributed by atoms with Gasteiger partial charge in [0.1, 0.15) is 6.10 Å². The molecule has 20 heavy (non-hydrogen) atoms. The van der Waals surface area contributed by atoms with Crippen LogP contribution in [0.2, 0.25) is 0 Å². The maximum Gasteiger partial charge on any atom is 0.307 e. The molecule has 3 nitrogen and oxygen atoms in total. The minimum absolute atomic E-state index is 0.0789. The standard InChI is InChI=1S/C17H25NO2/c1-13-7-3-5-9-15(13)18-12-11-17(19)20-16-10-6-4-8-14(16)2/h3,5,7,9,14,16,18H,4,6,8,10-12H2,1-2H3. The molecule has 1 aliphatic carbocycles. The molecule has 110 valence electrons. The minimum atomic E-state index is -0.0789. The Balaban J connectivity index is 1.71. The smallest absolute Gasteiger partial charge is 0.307 e. The number of hydrogen-bond donors (Lipinski definition) is 1. The van der Waals surface area contributed by atoms with Crippen molar-refractivity contribution in [1.82, 2.24) is 0 Å². The van der Waals surface area contributed by atoms with Crippen molar-refractivity contribution in [3.63, 3.8) is 0 Å². The summed E-state index contributed by atoms with van der Waals surface area (Å²) < 4.78 is 5.59. The number of nitrogens with one attached hydrogen (secondary N) is 1. The zero-order chi connectivity index (χ0) is 14.4. The van der Waals surface area contributed by atoms with Gasteiger partial charge in [-0.15, -0.1) is 0 Å². The molecule has 1 aromatic rings. The van der Waals surface area contributed by atoms with Gasteiger partial charge in [-0.2, -0.15) is 0 Å². The lowest BCUT2D eigenvalue weighted by Crippen LogP contribution is -2.28. The Labute approximate surface area is 121 Å². The van der Waals surface area contributed by atoms with E-state index in [0.717, 1.165) is 12.1 Å². The van der Waals surface area contributed by atoms with E-state index in [9.17, 15) is 4.79 Å². The van der Waals surface area contributed by atoms with Crippen molar-refractivity contribution in [2.75, 3.05) is 11.9 Å². The number of anilines is 1. The molecule has 0 saturated heterocycles. The van der Waals surface area contributed by atoms with Gasteiger partial charge < -0.3 is 10.1 Å². The van der Waals surface area contributed by atoms with Gasteiger partial charge in [0.15, 0.2) is 0 Å². The highest BCUT2D eigenvalue weighted by Gasteiger charge is 2.24. The van der Waals surface area contributed by atoms with Gasteiger partial charge in [0.2, 0.25) is 0 Å². The Morgan fingerprint density at radius 1 is 1.30 bits per heavy atom. The van der Waals surface area contributed by atoms with Crippen LogP contribution in [-0.2, 0) is 9.53 Å². The number of hydrogen-bond acceptors (Lipinski definition) is 3. The van der Waals surface area contributed by atoms with Crippen molar-refractivity contribution in [3.05, 3.63) is 29.8 Å². The highest BCUT2D eigenvalue weighted by Crippen LogP contribution is 2.26. The summed E-state index contributed by atoms with van der Waals surface area (Å²) in [5.41, 5.74) is 2.29. The van der Waals surface area contributed by atoms with Crippen LogP contribution < -0.4 is 5.32 Å². The van der Waals surface area contributed by atoms with Crippen molar-refractivity contribution in [1.29, 1.82) is 0 Å². The SMILES string of the molecule is Cc1ccccc1NCCC(=O)OC1CCCCC1C. The number of carbonyl (C=O) groups is 1. The summed E-state index contributed by atoms with van der Waals surface area (Å²) in [6, 6.07) is 8.10. The molecular formula is C17H25NO2. The first-order chi connectivity index (χ1) is 9.66. The van der Waals surface area contributed by atoms with Crippen LogP contribution in [0, 0.1) is 12.8 Å². The molecule has 2 rings (SSSR count). The fourth-order valence-corrected chi connectivity index (χ4v) is 2.76. The summed E-state index contributed by atoms with van der Waals surface area (Å²) in [5.74, 6) is 0.432. The lowest BCUT2D eigenvalue weighted by Gasteiger charge is -2.28. The van der Waals surface area contributed by atoms with Crippen LogP contribution in [0.15, 0.2) is 24.3 Å². The van der Waals surface area contributed by atoms with Gasteiger partial charge in [-0.3, -0.25) is 4.79 Å². The monoisotopic (exact) mass is 275 g/mol. The largest absolute Gasteiger partial charge is 0.462 e. The molecule has 2 atom stereocenters. The fourth-order valence-electron chi connectivity index (χ4n) is 2.76. The molecule has 1 aliphatic rings. The summed E-state index contributed by atoms with van der Waals surface area (Å²) in [7, 11) is 0. The third kappa shape index (κ3) is 4.26. The maximum atomic E-state index is 11.9. The molecular weight excluding hydrogens is 250 g/mol. The molecule has 0 aliphatic heterocycles. The van der Waals surface area contributed by atoms with E-state index < -0.39 is 0 Å². The number of aryl methyl sites for hydroxylation is 1. The molecule has 1 saturated carbocycles. The molecule has 2 unspecified atom stereocenters. The van der Waals surface area contributed by atoms with E-state index >= 15 is 0 Å². The average Bonchev–Trinajstić information content (AvgIpc) is 2.43. The van der Waals surface area contributed by atoms with Gasteiger partial charge in [-0.1, -0.05) is 31.5 Å². The highest BCUT2D eigenvalue weighted by molar-refractivity contribution is 5.70. The lowest BCUT2D eigenvalue weighted by atomic mass is 9.88. The number of benzene rings is 1. The first-order valence-corrected chi connectivity index (χ1v) is 7.66. The van der Waals surface area contributed by atoms with E-state index in [2.05, 4.69) is 25.2 Å². The van der Waals surface area contributed by atoms with Gasteiger partial charge in [-0.25, -0.2) is 0 Å². The van der Waals surface area contributed by atoms with E-state index in [1.165, 1.54) is 24.8 Å². The van der Waals surface area contributed by atoms with Crippen LogP contribution >= 0.6 is 0 Å². The number of rotatable bonds is 5. The molecule has 0 amide bonds. The van der Waals surface area contributed by atoms with Gasteiger partial charge in [0.25, 0.3) is 0 Å². The summed E-state index contributed by atoms with van der Waals surface area (Å²) in [6.07, 6.45) is 5.22. The summed E-state index contributed by atoms with van der Waals surface area (Å²) >= 11 is 0. The Kier molecular flexibility index (Phi) is 5.45. The Morgan fingerprint density at radius 2 is 2.05 bits per heavy atom. The van der Waals surface area contributed by atoms with Crippen LogP contribution in [0.1, 0.15) is 44.6 Å². The van der Waals surface area contributed by atoms with Gasteiger partial charge >= 0.3 is 5.97 Å². The molecule has 1 aromatic carbocycles. The molecule has 0 bridgehead atoms. The zero-order valence-corrected chi connectivity index (χ0v) is 12.5. The Hall–Kier alpha value is -1.51. The first kappa shape index (κ1) is 14.9. The van der Waals surface area contributed by atoms with Crippen molar-refractivity contribution >= 4 is 11.7 Å². The van der Waals surface area contributed by atoms with Crippen LogP contribution in [0.25, 0.3) is 0 Å². The topological polar surface area (TPSA) is 38.3 Å².